The van der Waals surface area contributed by atoms with Crippen molar-refractivity contribution in [3.8, 4) is 5.75 Å². The SMILES string of the molecule is CC[C@H](C)[C@H](NC(=O)[C@@H](N)Cc1c[nH]c2ccccc12)C(=O)N[C@@H](C)C(=O)N[C@@H](Cc1c[nH]c2ccccc12)C(=O)N[C@@H](Cc1ccc(O)cc1)C(=O)N[C@@H](CCCCN)C(=O)N[C@@H](CC(C)C)C(=O)O. The van der Waals surface area contributed by atoms with Gasteiger partial charge in [-0.25, -0.2) is 4.79 Å². The molecule has 0 radical (unpaired) electrons. The lowest BCUT2D eigenvalue weighted by atomic mass is 9.97. The monoisotopic (exact) mass is 979 g/mol. The van der Waals surface area contributed by atoms with Gasteiger partial charge in [-0.05, 0) is 98.4 Å². The van der Waals surface area contributed by atoms with E-state index in [2.05, 4.69) is 41.9 Å². The highest BCUT2D eigenvalue weighted by molar-refractivity contribution is 5.98. The summed E-state index contributed by atoms with van der Waals surface area (Å²) in [5.74, 6) is -5.88. The Morgan fingerprint density at radius 3 is 1.68 bits per heavy atom. The van der Waals surface area contributed by atoms with Crippen LogP contribution in [-0.2, 0) is 52.8 Å². The summed E-state index contributed by atoms with van der Waals surface area (Å²) < 4.78 is 0. The van der Waals surface area contributed by atoms with Gasteiger partial charge >= 0.3 is 5.97 Å². The second-order valence-electron chi connectivity index (χ2n) is 18.7. The number of nitrogens with two attached hydrogens (primary N) is 2. The Labute approximate surface area is 413 Å². The molecule has 0 fully saturated rings. The Kier molecular flexibility index (Phi) is 20.1. The predicted octanol–water partition coefficient (Wildman–Crippen LogP) is 2.94. The number of rotatable bonds is 27. The van der Waals surface area contributed by atoms with Crippen LogP contribution in [0.2, 0.25) is 0 Å². The smallest absolute Gasteiger partial charge is 0.326 e. The molecule has 0 saturated carbocycles. The van der Waals surface area contributed by atoms with Gasteiger partial charge in [-0.15, -0.1) is 0 Å². The molecule has 0 aliphatic heterocycles. The van der Waals surface area contributed by atoms with Crippen molar-refractivity contribution in [2.75, 3.05) is 6.54 Å². The molecule has 2 aromatic heterocycles. The topological polar surface area (TPSA) is 316 Å². The van der Waals surface area contributed by atoms with E-state index in [9.17, 15) is 43.8 Å². The van der Waals surface area contributed by atoms with Gasteiger partial charge in [0.15, 0.2) is 0 Å². The van der Waals surface area contributed by atoms with Crippen molar-refractivity contribution in [1.29, 1.82) is 0 Å². The Morgan fingerprint density at radius 2 is 1.11 bits per heavy atom. The molecule has 19 nitrogen and oxygen atoms in total. The second kappa shape index (κ2) is 26.1. The summed E-state index contributed by atoms with van der Waals surface area (Å²) in [5.41, 5.74) is 15.8. The fraction of sp³-hybridized carbons (Fsp3) is 0.442. The van der Waals surface area contributed by atoms with Gasteiger partial charge in [-0.2, -0.15) is 0 Å². The Morgan fingerprint density at radius 1 is 0.592 bits per heavy atom. The number of aromatic nitrogens is 2. The van der Waals surface area contributed by atoms with Crippen LogP contribution in [0.25, 0.3) is 21.8 Å². The Bertz CT molecular complexity index is 2610. The highest BCUT2D eigenvalue weighted by Crippen LogP contribution is 2.21. The number of hydrogen-bond donors (Lipinski definition) is 12. The molecular formula is C52H70N10O9. The number of fused-ring (bicyclic) bond motifs is 2. The van der Waals surface area contributed by atoms with Crippen LogP contribution in [0.4, 0.5) is 0 Å². The third-order valence-electron chi connectivity index (χ3n) is 12.6. The molecule has 8 atom stereocenters. The van der Waals surface area contributed by atoms with Crippen LogP contribution >= 0.6 is 0 Å². The molecule has 0 bridgehead atoms. The number of aromatic amines is 2. The zero-order chi connectivity index (χ0) is 51.8. The van der Waals surface area contributed by atoms with Gasteiger partial charge in [0.1, 0.15) is 42.0 Å². The molecule has 14 N–H and O–H groups in total. The standard InChI is InChI=1S/C52H70N10O9/c1-6-30(4)45(62-47(65)38(54)25-33-27-55-39-15-9-7-13-36(33)39)51(69)57-31(5)46(64)59-43(26-34-28-56-40-16-10-8-14-37(34)40)50(68)60-42(24-32-18-20-35(63)21-19-32)49(67)58-41(17-11-12-22-53)48(66)61-44(52(70)71)23-29(2)3/h7-10,13-16,18-21,27-31,38,41-45,55-56,63H,6,11-12,17,22-26,53-54H2,1-5H3,(H,57,69)(H,58,67)(H,59,64)(H,60,68)(H,61,66)(H,62,65)(H,70,71)/t30-,31-,38-,41-,42-,43-,44-,45-/m0/s1. The zero-order valence-electron chi connectivity index (χ0n) is 41.0. The van der Waals surface area contributed by atoms with Crippen LogP contribution < -0.4 is 43.4 Å². The van der Waals surface area contributed by atoms with E-state index in [0.717, 1.165) is 27.4 Å². The van der Waals surface area contributed by atoms with Crippen molar-refractivity contribution < 1.29 is 43.8 Å². The van der Waals surface area contributed by atoms with Crippen LogP contribution in [0.3, 0.4) is 0 Å². The first kappa shape index (κ1) is 54.7. The number of phenolic OH excluding ortho intramolecular Hbond substituents is 1. The fourth-order valence-corrected chi connectivity index (χ4v) is 8.34. The molecule has 0 aliphatic rings. The molecule has 71 heavy (non-hydrogen) atoms. The summed E-state index contributed by atoms with van der Waals surface area (Å²) >= 11 is 0. The summed E-state index contributed by atoms with van der Waals surface area (Å²) in [6.45, 7) is 9.06. The molecular weight excluding hydrogens is 909 g/mol. The van der Waals surface area contributed by atoms with E-state index in [1.807, 2.05) is 69.3 Å². The van der Waals surface area contributed by atoms with E-state index < -0.39 is 83.7 Å². The van der Waals surface area contributed by atoms with E-state index in [-0.39, 0.29) is 49.7 Å². The first-order chi connectivity index (χ1) is 33.9. The zero-order valence-corrected chi connectivity index (χ0v) is 41.0. The van der Waals surface area contributed by atoms with Crippen molar-refractivity contribution in [2.45, 2.75) is 128 Å². The van der Waals surface area contributed by atoms with Crippen molar-refractivity contribution >= 4 is 63.2 Å². The molecule has 0 aliphatic carbocycles. The molecule has 0 saturated heterocycles. The maximum Gasteiger partial charge on any atom is 0.326 e. The highest BCUT2D eigenvalue weighted by atomic mass is 16.4. The normalized spacial score (nSPS) is 14.8. The molecule has 19 heteroatoms. The lowest BCUT2D eigenvalue weighted by Gasteiger charge is -2.28. The van der Waals surface area contributed by atoms with Gasteiger partial charge in [0.25, 0.3) is 0 Å². The third kappa shape index (κ3) is 15.6. The van der Waals surface area contributed by atoms with E-state index in [4.69, 9.17) is 11.5 Å². The summed E-state index contributed by atoms with van der Waals surface area (Å²) in [5, 5.41) is 37.9. The summed E-state index contributed by atoms with van der Waals surface area (Å²) in [4.78, 5) is 103. The number of para-hydroxylation sites is 2. The minimum Gasteiger partial charge on any atom is -0.508 e. The number of aromatic hydroxyl groups is 1. The number of carbonyl (C=O) groups is 7. The molecule has 0 spiro atoms. The minimum absolute atomic E-state index is 0.0320. The predicted molar refractivity (Wildman–Crippen MR) is 271 cm³/mol. The van der Waals surface area contributed by atoms with Crippen molar-refractivity contribution in [2.24, 2.45) is 23.3 Å². The fourth-order valence-electron chi connectivity index (χ4n) is 8.34. The lowest BCUT2D eigenvalue weighted by Crippen LogP contribution is -2.60. The van der Waals surface area contributed by atoms with E-state index in [1.54, 1.807) is 31.5 Å². The highest BCUT2D eigenvalue weighted by Gasteiger charge is 2.34. The molecule has 0 unspecified atom stereocenters. The largest absolute Gasteiger partial charge is 0.508 e. The average Bonchev–Trinajstić information content (AvgIpc) is 3.95. The number of unbranched alkanes of at least 4 members (excludes halogenated alkanes) is 1. The van der Waals surface area contributed by atoms with Gasteiger partial charge in [0, 0.05) is 47.0 Å². The van der Waals surface area contributed by atoms with Gasteiger partial charge in [0.05, 0.1) is 6.04 Å². The first-order valence-electron chi connectivity index (χ1n) is 24.3. The number of H-pyrrole nitrogens is 2. The number of nitrogens with one attached hydrogen (secondary N) is 8. The van der Waals surface area contributed by atoms with Crippen molar-refractivity contribution in [3.63, 3.8) is 0 Å². The number of phenols is 1. The maximum absolute atomic E-state index is 14.6. The molecule has 5 rings (SSSR count). The Hall–Kier alpha value is -7.25. The van der Waals surface area contributed by atoms with Crippen LogP contribution in [0.15, 0.2) is 85.2 Å². The number of carboxylic acids is 1. The molecule has 5 aromatic rings. The minimum atomic E-state index is -1.36. The van der Waals surface area contributed by atoms with Crippen molar-refractivity contribution in [3.05, 3.63) is 102 Å². The van der Waals surface area contributed by atoms with Crippen LogP contribution in [0.1, 0.15) is 83.4 Å². The van der Waals surface area contributed by atoms with Gasteiger partial charge in [0.2, 0.25) is 35.4 Å². The van der Waals surface area contributed by atoms with Gasteiger partial charge in [-0.3, -0.25) is 28.8 Å². The van der Waals surface area contributed by atoms with E-state index in [1.165, 1.54) is 19.1 Å². The van der Waals surface area contributed by atoms with Crippen LogP contribution in [-0.4, -0.2) is 110 Å². The maximum atomic E-state index is 14.6. The van der Waals surface area contributed by atoms with Crippen LogP contribution in [0, 0.1) is 11.8 Å². The van der Waals surface area contributed by atoms with Crippen molar-refractivity contribution in [1.82, 2.24) is 41.9 Å². The second-order valence-corrected chi connectivity index (χ2v) is 18.7. The molecule has 2 heterocycles. The summed E-state index contributed by atoms with van der Waals surface area (Å²) in [6.07, 6.45) is 5.23. The van der Waals surface area contributed by atoms with E-state index in [0.29, 0.717) is 36.9 Å². The number of amides is 6. The molecule has 382 valence electrons. The third-order valence-corrected chi connectivity index (χ3v) is 12.6. The van der Waals surface area contributed by atoms with Crippen LogP contribution in [0.5, 0.6) is 5.75 Å². The number of benzene rings is 3. The summed E-state index contributed by atoms with van der Waals surface area (Å²) in [7, 11) is 0. The average molecular weight is 979 g/mol. The number of carbonyl (C=O) groups excluding carboxylic acids is 6. The molecule has 6 amide bonds. The lowest BCUT2D eigenvalue weighted by molar-refractivity contribution is -0.143. The quantitative estimate of drug-likeness (QED) is 0.0340. The first-order valence-corrected chi connectivity index (χ1v) is 24.3. The van der Waals surface area contributed by atoms with Gasteiger partial charge < -0.3 is 63.5 Å². The number of carboxylic acid groups (broad SMARTS) is 1. The molecule has 3 aromatic carbocycles. The van der Waals surface area contributed by atoms with E-state index >= 15 is 0 Å². The number of aliphatic carboxylic acids is 1. The number of hydrogen-bond acceptors (Lipinski definition) is 10. The summed E-state index contributed by atoms with van der Waals surface area (Å²) in [6, 6.07) is 12.6. The Balaban J connectivity index is 1.37. The van der Waals surface area contributed by atoms with Gasteiger partial charge in [-0.1, -0.05) is 82.6 Å².